The van der Waals surface area contributed by atoms with Crippen LogP contribution in [-0.4, -0.2) is 35.1 Å². The van der Waals surface area contributed by atoms with Gasteiger partial charge in [-0.25, -0.2) is 9.82 Å². The van der Waals surface area contributed by atoms with Gasteiger partial charge in [0.05, 0.1) is 11.0 Å². The van der Waals surface area contributed by atoms with Crippen LogP contribution in [0.3, 0.4) is 0 Å². The number of aliphatic imine (C=N–C) groups is 1. The molecule has 1 atom stereocenters. The van der Waals surface area contributed by atoms with E-state index in [0.717, 1.165) is 47.7 Å². The maximum atomic E-state index is 13.5. The molecular formula is C25H30ClFN4OS. The first-order valence-corrected chi connectivity index (χ1v) is 12.0. The number of hydrogen-bond donors (Lipinski definition) is 1. The van der Waals surface area contributed by atoms with Crippen LogP contribution < -0.4 is 10.3 Å². The van der Waals surface area contributed by atoms with E-state index in [2.05, 4.69) is 54.4 Å². The van der Waals surface area contributed by atoms with E-state index in [1.165, 1.54) is 29.5 Å². The summed E-state index contributed by atoms with van der Waals surface area (Å²) in [6.45, 7) is 10.1. The van der Waals surface area contributed by atoms with Crippen LogP contribution in [0.5, 0.6) is 0 Å². The SMILES string of the molecule is CCN=C(c1ccc(F)cc1)N1CCC(C)(C)c2cc(C3=NNC(=O)SC3CC)ccc21.Cl. The molecule has 2 aromatic rings. The highest BCUT2D eigenvalue weighted by Gasteiger charge is 2.35. The molecule has 4 rings (SSSR count). The largest absolute Gasteiger partial charge is 0.326 e. The summed E-state index contributed by atoms with van der Waals surface area (Å²) in [6, 6.07) is 13.0. The highest BCUT2D eigenvalue weighted by molar-refractivity contribution is 8.14. The second kappa shape index (κ2) is 10.3. The van der Waals surface area contributed by atoms with Crippen molar-refractivity contribution in [2.24, 2.45) is 10.1 Å². The maximum absolute atomic E-state index is 13.5. The van der Waals surface area contributed by atoms with E-state index in [0.29, 0.717) is 6.54 Å². The quantitative estimate of drug-likeness (QED) is 0.415. The van der Waals surface area contributed by atoms with Crippen molar-refractivity contribution >= 4 is 46.6 Å². The summed E-state index contributed by atoms with van der Waals surface area (Å²) < 4.78 is 13.5. The zero-order valence-electron chi connectivity index (χ0n) is 19.4. The lowest BCUT2D eigenvalue weighted by molar-refractivity contribution is 0.260. The van der Waals surface area contributed by atoms with Gasteiger partial charge in [-0.05, 0) is 72.7 Å². The maximum Gasteiger partial charge on any atom is 0.299 e. The monoisotopic (exact) mass is 488 g/mol. The summed E-state index contributed by atoms with van der Waals surface area (Å²) in [4.78, 5) is 18.8. The molecule has 0 spiro atoms. The molecule has 0 aromatic heterocycles. The fraction of sp³-hybridized carbons (Fsp3) is 0.400. The van der Waals surface area contributed by atoms with Crippen molar-refractivity contribution in [3.05, 3.63) is 65.0 Å². The molecule has 1 unspecified atom stereocenters. The first-order chi connectivity index (χ1) is 15.3. The highest BCUT2D eigenvalue weighted by atomic mass is 35.5. The molecule has 1 amide bonds. The predicted octanol–water partition coefficient (Wildman–Crippen LogP) is 6.14. The van der Waals surface area contributed by atoms with Crippen LogP contribution in [-0.2, 0) is 5.41 Å². The van der Waals surface area contributed by atoms with Crippen LogP contribution in [0.15, 0.2) is 52.6 Å². The Morgan fingerprint density at radius 3 is 2.64 bits per heavy atom. The third kappa shape index (κ3) is 5.09. The number of nitrogens with one attached hydrogen (secondary N) is 1. The van der Waals surface area contributed by atoms with Crippen molar-refractivity contribution in [1.82, 2.24) is 5.43 Å². The number of hydrogen-bond acceptors (Lipinski definition) is 4. The summed E-state index contributed by atoms with van der Waals surface area (Å²) in [5.74, 6) is 0.611. The summed E-state index contributed by atoms with van der Waals surface area (Å²) >= 11 is 1.30. The van der Waals surface area contributed by atoms with Crippen molar-refractivity contribution in [1.29, 1.82) is 0 Å². The molecule has 5 nitrogen and oxygen atoms in total. The van der Waals surface area contributed by atoms with Gasteiger partial charge >= 0.3 is 0 Å². The zero-order valence-corrected chi connectivity index (χ0v) is 21.0. The Balaban J connectivity index is 0.00000306. The number of anilines is 1. The van der Waals surface area contributed by atoms with Gasteiger partial charge in [-0.15, -0.1) is 12.4 Å². The molecule has 176 valence electrons. The van der Waals surface area contributed by atoms with E-state index >= 15 is 0 Å². The second-order valence-corrected chi connectivity index (χ2v) is 9.91. The fourth-order valence-corrected chi connectivity index (χ4v) is 5.16. The Bertz CT molecular complexity index is 1080. The molecule has 8 heteroatoms. The Kier molecular flexibility index (Phi) is 7.85. The number of amidine groups is 1. The minimum atomic E-state index is -0.252. The van der Waals surface area contributed by atoms with Gasteiger partial charge in [-0.1, -0.05) is 38.6 Å². The number of hydrazone groups is 1. The lowest BCUT2D eigenvalue weighted by atomic mass is 9.76. The zero-order chi connectivity index (χ0) is 22.9. The van der Waals surface area contributed by atoms with E-state index in [4.69, 9.17) is 4.99 Å². The van der Waals surface area contributed by atoms with Gasteiger partial charge in [0.1, 0.15) is 11.7 Å². The molecular weight excluding hydrogens is 459 g/mol. The smallest absolute Gasteiger partial charge is 0.299 e. The first-order valence-electron chi connectivity index (χ1n) is 11.1. The van der Waals surface area contributed by atoms with Gasteiger partial charge in [-0.3, -0.25) is 9.79 Å². The van der Waals surface area contributed by atoms with Gasteiger partial charge in [0.2, 0.25) is 0 Å². The number of carbonyl (C=O) groups is 1. The topological polar surface area (TPSA) is 57.1 Å². The fourth-order valence-electron chi connectivity index (χ4n) is 4.34. The van der Waals surface area contributed by atoms with Gasteiger partial charge in [-0.2, -0.15) is 5.10 Å². The van der Waals surface area contributed by atoms with Crippen LogP contribution >= 0.6 is 24.2 Å². The van der Waals surface area contributed by atoms with Gasteiger partial charge < -0.3 is 4.90 Å². The summed E-state index contributed by atoms with van der Waals surface area (Å²) in [7, 11) is 0. The van der Waals surface area contributed by atoms with Crippen molar-refractivity contribution in [3.63, 3.8) is 0 Å². The molecule has 33 heavy (non-hydrogen) atoms. The molecule has 2 aromatic carbocycles. The summed E-state index contributed by atoms with van der Waals surface area (Å²) in [6.07, 6.45) is 1.80. The third-order valence-electron chi connectivity index (χ3n) is 6.13. The lowest BCUT2D eigenvalue weighted by Gasteiger charge is -2.41. The number of fused-ring (bicyclic) bond motifs is 1. The minimum absolute atomic E-state index is 0. The Morgan fingerprint density at radius 1 is 1.24 bits per heavy atom. The molecule has 2 aliphatic rings. The first kappa shape index (κ1) is 25.2. The molecule has 2 aliphatic heterocycles. The molecule has 1 N–H and O–H groups in total. The van der Waals surface area contributed by atoms with Crippen LogP contribution in [0.4, 0.5) is 14.9 Å². The average molecular weight is 489 g/mol. The van der Waals surface area contributed by atoms with Gasteiger partial charge in [0.25, 0.3) is 5.24 Å². The Hall–Kier alpha value is -2.38. The summed E-state index contributed by atoms with van der Waals surface area (Å²) in [5.41, 5.74) is 7.79. The Labute approximate surface area is 205 Å². The van der Waals surface area contributed by atoms with Crippen molar-refractivity contribution < 1.29 is 9.18 Å². The molecule has 0 fully saturated rings. The molecule has 0 saturated heterocycles. The van der Waals surface area contributed by atoms with Crippen molar-refractivity contribution in [2.45, 2.75) is 51.2 Å². The minimum Gasteiger partial charge on any atom is -0.326 e. The lowest BCUT2D eigenvalue weighted by Crippen LogP contribution is -2.42. The van der Waals surface area contributed by atoms with Gasteiger partial charge in [0.15, 0.2) is 0 Å². The van der Waals surface area contributed by atoms with Crippen LogP contribution in [0.2, 0.25) is 0 Å². The molecule has 0 bridgehead atoms. The third-order valence-corrected chi connectivity index (χ3v) is 7.28. The van der Waals surface area contributed by atoms with Crippen molar-refractivity contribution in [2.75, 3.05) is 18.0 Å². The van der Waals surface area contributed by atoms with E-state index in [1.807, 2.05) is 6.92 Å². The standard InChI is InChI=1S/C25H29FN4OS.ClH/c1-5-21-22(28-29-24(31)32-21)17-9-12-20-19(15-17)25(3,4)13-14-30(20)23(27-6-2)16-7-10-18(26)11-8-16;/h7-12,15,21H,5-6,13-14H2,1-4H3,(H,29,31);1H. The molecule has 0 saturated carbocycles. The van der Waals surface area contributed by atoms with E-state index < -0.39 is 0 Å². The van der Waals surface area contributed by atoms with Crippen LogP contribution in [0.25, 0.3) is 0 Å². The normalized spacial score (nSPS) is 19.8. The number of thioether (sulfide) groups is 1. The Morgan fingerprint density at radius 2 is 1.97 bits per heavy atom. The van der Waals surface area contributed by atoms with Crippen LogP contribution in [0.1, 0.15) is 57.2 Å². The number of amides is 1. The second-order valence-electron chi connectivity index (χ2n) is 8.73. The number of benzene rings is 2. The molecule has 2 heterocycles. The number of rotatable bonds is 4. The number of halogens is 2. The molecule has 0 aliphatic carbocycles. The van der Waals surface area contributed by atoms with E-state index in [-0.39, 0.29) is 34.1 Å². The summed E-state index contributed by atoms with van der Waals surface area (Å²) in [5, 5.41) is 4.33. The predicted molar refractivity (Wildman–Crippen MR) is 139 cm³/mol. The van der Waals surface area contributed by atoms with Gasteiger partial charge in [0, 0.05) is 24.3 Å². The van der Waals surface area contributed by atoms with Crippen molar-refractivity contribution in [3.8, 4) is 0 Å². The molecule has 0 radical (unpaired) electrons. The average Bonchev–Trinajstić information content (AvgIpc) is 2.78. The number of nitrogens with zero attached hydrogens (tertiary/aromatic N) is 3. The van der Waals surface area contributed by atoms with E-state index in [1.54, 1.807) is 12.1 Å². The highest BCUT2D eigenvalue weighted by Crippen LogP contribution is 2.41. The van der Waals surface area contributed by atoms with Crippen LogP contribution in [0, 0.1) is 5.82 Å². The number of carbonyl (C=O) groups excluding carboxylic acids is 1. The van der Waals surface area contributed by atoms with E-state index in [9.17, 15) is 9.18 Å².